The smallest absolute Gasteiger partial charge is 0.197 e. The van der Waals surface area contributed by atoms with Crippen LogP contribution < -0.4 is 10.9 Å². The number of benzene rings is 4. The van der Waals surface area contributed by atoms with E-state index in [-0.39, 0.29) is 10.9 Å². The maximum absolute atomic E-state index is 13.8. The summed E-state index contributed by atoms with van der Waals surface area (Å²) >= 11 is 1.66. The van der Waals surface area contributed by atoms with E-state index in [1.165, 1.54) is 0 Å². The van der Waals surface area contributed by atoms with E-state index in [0.717, 1.165) is 43.6 Å². The van der Waals surface area contributed by atoms with Crippen molar-refractivity contribution in [3.8, 4) is 21.6 Å². The molecule has 3 aromatic heterocycles. The Hall–Kier alpha value is -4.48. The van der Waals surface area contributed by atoms with Crippen LogP contribution in [0.4, 0.5) is 0 Å². The summed E-state index contributed by atoms with van der Waals surface area (Å²) in [4.78, 5) is 28.7. The fraction of sp³-hybridized carbons (Fsp3) is 0.0625. The molecule has 5 heteroatoms. The van der Waals surface area contributed by atoms with Gasteiger partial charge in [-0.05, 0) is 64.5 Å². The maximum atomic E-state index is 13.8. The molecule has 0 aliphatic heterocycles. The number of fused-ring (bicyclic) bond motifs is 4. The molecule has 0 saturated carbocycles. The molecule has 0 amide bonds. The third-order valence-electron chi connectivity index (χ3n) is 7.44. The molecule has 0 radical (unpaired) electrons. The minimum Gasteiger partial charge on any atom is -0.343 e. The van der Waals surface area contributed by atoms with Crippen molar-refractivity contribution in [2.24, 2.45) is 14.1 Å². The number of rotatable bonds is 2. The van der Waals surface area contributed by atoms with Gasteiger partial charge in [0.05, 0.1) is 22.1 Å². The lowest BCUT2D eigenvalue weighted by atomic mass is 10.0. The molecule has 4 nitrogen and oxygen atoms in total. The monoisotopic (exact) mass is 498 g/mol. The zero-order valence-corrected chi connectivity index (χ0v) is 21.2. The second-order valence-corrected chi connectivity index (χ2v) is 10.4. The molecule has 0 fully saturated rings. The molecular weight excluding hydrogens is 476 g/mol. The van der Waals surface area contributed by atoms with Gasteiger partial charge in [0, 0.05) is 40.5 Å². The first-order chi connectivity index (χ1) is 18.0. The van der Waals surface area contributed by atoms with Gasteiger partial charge in [-0.2, -0.15) is 0 Å². The van der Waals surface area contributed by atoms with Gasteiger partial charge >= 0.3 is 0 Å². The molecule has 0 aliphatic rings. The Morgan fingerprint density at radius 1 is 0.514 bits per heavy atom. The second-order valence-electron chi connectivity index (χ2n) is 9.47. The Balaban J connectivity index is 1.55. The number of aryl methyl sites for hydroxylation is 2. The van der Waals surface area contributed by atoms with E-state index in [2.05, 4.69) is 12.1 Å². The molecule has 178 valence electrons. The molecule has 3 heterocycles. The van der Waals surface area contributed by atoms with Crippen molar-refractivity contribution in [3.05, 3.63) is 117 Å². The third kappa shape index (κ3) is 3.21. The van der Waals surface area contributed by atoms with E-state index in [0.29, 0.717) is 21.5 Å². The van der Waals surface area contributed by atoms with Crippen molar-refractivity contribution < 1.29 is 0 Å². The van der Waals surface area contributed by atoms with E-state index in [1.54, 1.807) is 11.3 Å². The summed E-state index contributed by atoms with van der Waals surface area (Å²) in [6.45, 7) is 0. The van der Waals surface area contributed by atoms with Crippen LogP contribution in [0.3, 0.4) is 0 Å². The minimum absolute atomic E-state index is 0.0182. The van der Waals surface area contributed by atoms with Gasteiger partial charge in [-0.1, -0.05) is 48.5 Å². The van der Waals surface area contributed by atoms with Gasteiger partial charge in [0.15, 0.2) is 10.9 Å². The van der Waals surface area contributed by atoms with E-state index in [4.69, 9.17) is 0 Å². The highest BCUT2D eigenvalue weighted by Gasteiger charge is 2.16. The van der Waals surface area contributed by atoms with Crippen molar-refractivity contribution in [3.63, 3.8) is 0 Å². The summed E-state index contributed by atoms with van der Waals surface area (Å²) in [5, 5.41) is 4.61. The van der Waals surface area contributed by atoms with Gasteiger partial charge in [-0.15, -0.1) is 11.3 Å². The average Bonchev–Trinajstić information content (AvgIpc) is 3.49. The number of hydrogen-bond donors (Lipinski definition) is 0. The Kier molecular flexibility index (Phi) is 4.72. The molecule has 0 atom stereocenters. The quantitative estimate of drug-likeness (QED) is 0.239. The predicted molar refractivity (Wildman–Crippen MR) is 156 cm³/mol. The van der Waals surface area contributed by atoms with Gasteiger partial charge in [-0.25, -0.2) is 0 Å². The summed E-state index contributed by atoms with van der Waals surface area (Å²) in [6.07, 6.45) is 0. The normalized spacial score (nSPS) is 11.7. The Bertz CT molecular complexity index is 2140. The molecule has 0 aliphatic carbocycles. The molecule has 7 aromatic rings. The lowest BCUT2D eigenvalue weighted by Gasteiger charge is -2.15. The summed E-state index contributed by atoms with van der Waals surface area (Å²) in [5.41, 5.74) is 6.26. The Labute approximate surface area is 216 Å². The SMILES string of the molecule is Cn1c2ccc(-c3ccccc3)cc2c(=O)c2cc3c(cc21)c(=O)c1cc(-c2cccs2)ccc1n3C. The first-order valence-corrected chi connectivity index (χ1v) is 13.0. The standard InChI is InChI=1S/C32H22N2O2S/c1-33-26-12-10-20(19-7-4-3-5-8-19)15-22(26)31(35)24-17-29-25(18-28(24)33)32(36)23-16-21(30-9-6-14-37-30)11-13-27(23)34(29)2/h3-18H,1-2H3. The molecule has 4 aromatic carbocycles. The van der Waals surface area contributed by atoms with Crippen LogP contribution in [0.15, 0.2) is 106 Å². The molecule has 0 spiro atoms. The van der Waals surface area contributed by atoms with Crippen molar-refractivity contribution in [1.29, 1.82) is 0 Å². The molecular formula is C32H22N2O2S. The summed E-state index contributed by atoms with van der Waals surface area (Å²) in [7, 11) is 3.92. The van der Waals surface area contributed by atoms with Crippen molar-refractivity contribution >= 4 is 54.9 Å². The topological polar surface area (TPSA) is 44.0 Å². The summed E-state index contributed by atoms with van der Waals surface area (Å²) < 4.78 is 4.04. The first kappa shape index (κ1) is 21.8. The van der Waals surface area contributed by atoms with Crippen LogP contribution in [0.1, 0.15) is 0 Å². The Morgan fingerprint density at radius 2 is 1.05 bits per heavy atom. The fourth-order valence-corrected chi connectivity index (χ4v) is 6.20. The van der Waals surface area contributed by atoms with Crippen LogP contribution in [0, 0.1) is 0 Å². The number of nitrogens with zero attached hydrogens (tertiary/aromatic N) is 2. The Morgan fingerprint density at radius 3 is 1.62 bits per heavy atom. The van der Waals surface area contributed by atoms with E-state index in [1.807, 2.05) is 107 Å². The molecule has 0 bridgehead atoms. The maximum Gasteiger partial charge on any atom is 0.197 e. The van der Waals surface area contributed by atoms with Gasteiger partial charge < -0.3 is 9.13 Å². The van der Waals surface area contributed by atoms with Crippen LogP contribution in [0.2, 0.25) is 0 Å². The zero-order chi connectivity index (χ0) is 25.3. The first-order valence-electron chi connectivity index (χ1n) is 12.1. The van der Waals surface area contributed by atoms with Crippen LogP contribution in [0.25, 0.3) is 65.2 Å². The zero-order valence-electron chi connectivity index (χ0n) is 20.4. The van der Waals surface area contributed by atoms with Crippen LogP contribution in [-0.2, 0) is 14.1 Å². The molecule has 7 rings (SSSR count). The van der Waals surface area contributed by atoms with Gasteiger partial charge in [0.1, 0.15) is 0 Å². The average molecular weight is 499 g/mol. The second kappa shape index (κ2) is 8.02. The number of pyridine rings is 2. The highest BCUT2D eigenvalue weighted by molar-refractivity contribution is 7.13. The highest BCUT2D eigenvalue weighted by atomic mass is 32.1. The fourth-order valence-electron chi connectivity index (χ4n) is 5.47. The number of thiophene rings is 1. The van der Waals surface area contributed by atoms with Crippen molar-refractivity contribution in [2.45, 2.75) is 0 Å². The van der Waals surface area contributed by atoms with E-state index < -0.39 is 0 Å². The largest absolute Gasteiger partial charge is 0.343 e. The van der Waals surface area contributed by atoms with Crippen LogP contribution >= 0.6 is 11.3 Å². The number of aromatic nitrogens is 2. The predicted octanol–water partition coefficient (Wildman–Crippen LogP) is 7.09. The molecule has 37 heavy (non-hydrogen) atoms. The van der Waals surface area contributed by atoms with E-state index in [9.17, 15) is 9.59 Å². The lowest BCUT2D eigenvalue weighted by Crippen LogP contribution is -2.13. The van der Waals surface area contributed by atoms with Crippen molar-refractivity contribution in [1.82, 2.24) is 9.13 Å². The molecule has 0 N–H and O–H groups in total. The lowest BCUT2D eigenvalue weighted by molar-refractivity contribution is 0.994. The highest BCUT2D eigenvalue weighted by Crippen LogP contribution is 2.30. The molecule has 0 saturated heterocycles. The summed E-state index contributed by atoms with van der Waals surface area (Å²) in [5.74, 6) is 0. The van der Waals surface area contributed by atoms with E-state index >= 15 is 0 Å². The van der Waals surface area contributed by atoms with Gasteiger partial charge in [-0.3, -0.25) is 9.59 Å². The van der Waals surface area contributed by atoms with Gasteiger partial charge in [0.25, 0.3) is 0 Å². The van der Waals surface area contributed by atoms with Crippen LogP contribution in [-0.4, -0.2) is 9.13 Å². The minimum atomic E-state index is -0.0247. The number of hydrogen-bond acceptors (Lipinski definition) is 3. The third-order valence-corrected chi connectivity index (χ3v) is 8.36. The summed E-state index contributed by atoms with van der Waals surface area (Å²) in [6, 6.07) is 30.0. The van der Waals surface area contributed by atoms with Crippen LogP contribution in [0.5, 0.6) is 0 Å². The van der Waals surface area contributed by atoms with Gasteiger partial charge in [0.2, 0.25) is 0 Å². The molecule has 0 unspecified atom stereocenters. The van der Waals surface area contributed by atoms with Crippen molar-refractivity contribution in [2.75, 3.05) is 0 Å².